The molecule has 4 nitrogen and oxygen atoms in total. The molecule has 0 saturated carbocycles. The van der Waals surface area contributed by atoms with E-state index in [0.717, 1.165) is 13.0 Å². The Hall–Kier alpha value is -1.86. The number of benzene rings is 1. The van der Waals surface area contributed by atoms with Crippen LogP contribution in [0, 0.1) is 11.3 Å². The zero-order valence-corrected chi connectivity index (χ0v) is 9.29. The van der Waals surface area contributed by atoms with Crippen molar-refractivity contribution in [2.24, 2.45) is 0 Å². The van der Waals surface area contributed by atoms with E-state index in [9.17, 15) is 4.79 Å². The first kappa shape index (κ1) is 12.2. The van der Waals surface area contributed by atoms with E-state index in [2.05, 4.69) is 10.6 Å². The third-order valence-corrected chi connectivity index (χ3v) is 1.99. The molecule has 0 heterocycles. The summed E-state index contributed by atoms with van der Waals surface area (Å²) in [6.45, 7) is 3.16. The molecule has 4 heteroatoms. The van der Waals surface area contributed by atoms with Gasteiger partial charge in [0.15, 0.2) is 0 Å². The Bertz CT molecular complexity index is 395. The Balaban J connectivity index is 2.47. The van der Waals surface area contributed by atoms with E-state index < -0.39 is 0 Å². The van der Waals surface area contributed by atoms with Crippen LogP contribution in [0.1, 0.15) is 18.9 Å². The molecule has 0 radical (unpaired) electrons. The molecule has 0 spiro atoms. The van der Waals surface area contributed by atoms with E-state index in [1.807, 2.05) is 13.0 Å². The number of carbonyl (C=O) groups is 1. The summed E-state index contributed by atoms with van der Waals surface area (Å²) >= 11 is 0. The summed E-state index contributed by atoms with van der Waals surface area (Å²) in [4.78, 5) is 11.4. The van der Waals surface area contributed by atoms with Gasteiger partial charge >= 0.3 is 0 Å². The maximum absolute atomic E-state index is 11.4. The predicted molar refractivity (Wildman–Crippen MR) is 62.9 cm³/mol. The fourth-order valence-electron chi connectivity index (χ4n) is 1.25. The predicted octanol–water partition coefficient (Wildman–Crippen LogP) is 1.50. The lowest BCUT2D eigenvalue weighted by atomic mass is 10.2. The molecule has 0 aliphatic heterocycles. The van der Waals surface area contributed by atoms with Crippen molar-refractivity contribution in [1.29, 1.82) is 5.26 Å². The van der Waals surface area contributed by atoms with E-state index in [4.69, 9.17) is 5.26 Å². The van der Waals surface area contributed by atoms with Gasteiger partial charge in [0.1, 0.15) is 0 Å². The summed E-state index contributed by atoms with van der Waals surface area (Å²) in [5, 5.41) is 14.4. The van der Waals surface area contributed by atoms with Crippen molar-refractivity contribution in [1.82, 2.24) is 5.32 Å². The summed E-state index contributed by atoms with van der Waals surface area (Å²) in [6, 6.07) is 8.88. The monoisotopic (exact) mass is 217 g/mol. The molecule has 1 amide bonds. The van der Waals surface area contributed by atoms with Crippen LogP contribution in [0.3, 0.4) is 0 Å². The number of amides is 1. The molecule has 0 saturated heterocycles. The summed E-state index contributed by atoms with van der Waals surface area (Å²) in [5.41, 5.74) is 1.20. The van der Waals surface area contributed by atoms with Crippen LogP contribution in [-0.2, 0) is 4.79 Å². The maximum atomic E-state index is 11.4. The summed E-state index contributed by atoms with van der Waals surface area (Å²) in [6.07, 6.45) is 0.997. The molecular weight excluding hydrogens is 202 g/mol. The fourth-order valence-corrected chi connectivity index (χ4v) is 1.25. The van der Waals surface area contributed by atoms with Crippen LogP contribution >= 0.6 is 0 Å². The SMILES string of the molecule is CCCNCC(=O)Nc1cccc(C#N)c1. The van der Waals surface area contributed by atoms with Crippen molar-refractivity contribution in [3.05, 3.63) is 29.8 Å². The van der Waals surface area contributed by atoms with Crippen molar-refractivity contribution >= 4 is 11.6 Å². The Kier molecular flexibility index (Phi) is 5.03. The third kappa shape index (κ3) is 4.11. The zero-order valence-electron chi connectivity index (χ0n) is 9.29. The van der Waals surface area contributed by atoms with Crippen molar-refractivity contribution in [3.8, 4) is 6.07 Å². The number of nitrogens with zero attached hydrogens (tertiary/aromatic N) is 1. The Morgan fingerprint density at radius 2 is 2.31 bits per heavy atom. The summed E-state index contributed by atoms with van der Waals surface area (Å²) in [5.74, 6) is -0.0939. The third-order valence-electron chi connectivity index (χ3n) is 1.99. The highest BCUT2D eigenvalue weighted by Gasteiger charge is 2.01. The molecule has 2 N–H and O–H groups in total. The Labute approximate surface area is 95.3 Å². The van der Waals surface area contributed by atoms with Crippen LogP contribution in [0.15, 0.2) is 24.3 Å². The first-order chi connectivity index (χ1) is 7.76. The minimum absolute atomic E-state index is 0.0939. The first-order valence-electron chi connectivity index (χ1n) is 5.27. The molecule has 1 rings (SSSR count). The van der Waals surface area contributed by atoms with E-state index in [1.54, 1.807) is 24.3 Å². The average molecular weight is 217 g/mol. The Morgan fingerprint density at radius 1 is 1.50 bits per heavy atom. The molecule has 0 bridgehead atoms. The summed E-state index contributed by atoms with van der Waals surface area (Å²) in [7, 11) is 0. The van der Waals surface area contributed by atoms with Gasteiger partial charge in [-0.2, -0.15) is 5.26 Å². The minimum atomic E-state index is -0.0939. The smallest absolute Gasteiger partial charge is 0.238 e. The lowest BCUT2D eigenvalue weighted by molar-refractivity contribution is -0.115. The van der Waals surface area contributed by atoms with Gasteiger partial charge in [0.05, 0.1) is 18.2 Å². The molecule has 0 aliphatic rings. The molecule has 1 aromatic carbocycles. The van der Waals surface area contributed by atoms with Gasteiger partial charge in [0.2, 0.25) is 5.91 Å². The molecular formula is C12H15N3O. The van der Waals surface area contributed by atoms with Gasteiger partial charge in [-0.25, -0.2) is 0 Å². The van der Waals surface area contributed by atoms with E-state index in [0.29, 0.717) is 17.8 Å². The van der Waals surface area contributed by atoms with Crippen LogP contribution in [-0.4, -0.2) is 19.0 Å². The maximum Gasteiger partial charge on any atom is 0.238 e. The van der Waals surface area contributed by atoms with Crippen LogP contribution < -0.4 is 10.6 Å². The minimum Gasteiger partial charge on any atom is -0.325 e. The van der Waals surface area contributed by atoms with E-state index in [-0.39, 0.29) is 5.91 Å². The Morgan fingerprint density at radius 3 is 3.00 bits per heavy atom. The van der Waals surface area contributed by atoms with Crippen LogP contribution in [0.25, 0.3) is 0 Å². The zero-order chi connectivity index (χ0) is 11.8. The molecule has 0 unspecified atom stereocenters. The van der Waals surface area contributed by atoms with Gasteiger partial charge in [-0.3, -0.25) is 4.79 Å². The number of nitriles is 1. The molecule has 16 heavy (non-hydrogen) atoms. The lowest BCUT2D eigenvalue weighted by Gasteiger charge is -2.05. The molecule has 0 fully saturated rings. The second kappa shape index (κ2) is 6.59. The molecule has 0 aromatic heterocycles. The molecule has 0 atom stereocenters. The number of carbonyl (C=O) groups excluding carboxylic acids is 1. The standard InChI is InChI=1S/C12H15N3O/c1-2-6-14-9-12(16)15-11-5-3-4-10(7-11)8-13/h3-5,7,14H,2,6,9H2,1H3,(H,15,16). The van der Waals surface area contributed by atoms with E-state index in [1.165, 1.54) is 0 Å². The highest BCUT2D eigenvalue weighted by molar-refractivity contribution is 5.92. The number of rotatable bonds is 5. The number of hydrogen-bond donors (Lipinski definition) is 2. The number of hydrogen-bond acceptors (Lipinski definition) is 3. The van der Waals surface area contributed by atoms with Crippen molar-refractivity contribution < 1.29 is 4.79 Å². The number of anilines is 1. The lowest BCUT2D eigenvalue weighted by Crippen LogP contribution is -2.28. The van der Waals surface area contributed by atoms with Crippen LogP contribution in [0.2, 0.25) is 0 Å². The topological polar surface area (TPSA) is 64.9 Å². The van der Waals surface area contributed by atoms with E-state index >= 15 is 0 Å². The van der Waals surface area contributed by atoms with Gasteiger partial charge in [0.25, 0.3) is 0 Å². The molecule has 84 valence electrons. The van der Waals surface area contributed by atoms with Crippen LogP contribution in [0.4, 0.5) is 5.69 Å². The molecule has 0 aliphatic carbocycles. The van der Waals surface area contributed by atoms with Gasteiger partial charge in [-0.15, -0.1) is 0 Å². The second-order valence-corrected chi connectivity index (χ2v) is 3.42. The number of nitrogens with one attached hydrogen (secondary N) is 2. The van der Waals surface area contributed by atoms with Crippen molar-refractivity contribution in [3.63, 3.8) is 0 Å². The summed E-state index contributed by atoms with van der Waals surface area (Å²) < 4.78 is 0. The first-order valence-corrected chi connectivity index (χ1v) is 5.27. The molecule has 1 aromatic rings. The average Bonchev–Trinajstić information content (AvgIpc) is 2.29. The normalized spacial score (nSPS) is 9.50. The van der Waals surface area contributed by atoms with Gasteiger partial charge in [-0.1, -0.05) is 13.0 Å². The quantitative estimate of drug-likeness (QED) is 0.734. The van der Waals surface area contributed by atoms with Crippen LogP contribution in [0.5, 0.6) is 0 Å². The highest BCUT2D eigenvalue weighted by atomic mass is 16.1. The fraction of sp³-hybridized carbons (Fsp3) is 0.333. The second-order valence-electron chi connectivity index (χ2n) is 3.42. The van der Waals surface area contributed by atoms with Gasteiger partial charge in [0, 0.05) is 5.69 Å². The highest BCUT2D eigenvalue weighted by Crippen LogP contribution is 2.09. The van der Waals surface area contributed by atoms with Crippen molar-refractivity contribution in [2.45, 2.75) is 13.3 Å². The van der Waals surface area contributed by atoms with Gasteiger partial charge in [-0.05, 0) is 31.2 Å². The largest absolute Gasteiger partial charge is 0.325 e. The van der Waals surface area contributed by atoms with Gasteiger partial charge < -0.3 is 10.6 Å². The van der Waals surface area contributed by atoms with Crippen molar-refractivity contribution in [2.75, 3.05) is 18.4 Å².